The Bertz CT molecular complexity index is 1070. The number of hydrogen-bond donors (Lipinski definition) is 3. The van der Waals surface area contributed by atoms with Gasteiger partial charge >= 0.3 is 5.97 Å². The maximum Gasteiger partial charge on any atom is 0.337 e. The van der Waals surface area contributed by atoms with Gasteiger partial charge in [-0.3, -0.25) is 5.32 Å². The van der Waals surface area contributed by atoms with Crippen LogP contribution in [0.15, 0.2) is 53.5 Å². The lowest BCUT2D eigenvalue weighted by Gasteiger charge is -2.46. The Morgan fingerprint density at radius 3 is 2.56 bits per heavy atom. The minimum atomic E-state index is -1.34. The van der Waals surface area contributed by atoms with Gasteiger partial charge < -0.3 is 29.4 Å². The molecule has 1 aliphatic heterocycles. The van der Waals surface area contributed by atoms with Gasteiger partial charge in [-0.05, 0) is 30.7 Å². The molecule has 0 fully saturated rings. The van der Waals surface area contributed by atoms with Gasteiger partial charge in [0.1, 0.15) is 11.9 Å². The second-order valence-electron chi connectivity index (χ2n) is 7.79. The topological polar surface area (TPSA) is 134 Å². The third kappa shape index (κ3) is 5.12. The van der Waals surface area contributed by atoms with Crippen molar-refractivity contribution in [3.8, 4) is 11.9 Å². The number of carbonyl (C=O) groups is 1. The third-order valence-electron chi connectivity index (χ3n) is 5.62. The first-order chi connectivity index (χ1) is 16.4. The SMILES string of the molecule is COC(=O)c1ccc2c(c1)C(NC(=NCc1ccccc1)NC#N)C(O)C(C)(C(OC)OC)O2. The summed E-state index contributed by atoms with van der Waals surface area (Å²) in [6, 6.07) is 13.4. The number of nitrogens with one attached hydrogen (secondary N) is 2. The summed E-state index contributed by atoms with van der Waals surface area (Å²) in [4.78, 5) is 16.6. The number of hydrogen-bond acceptors (Lipinski definition) is 8. The molecule has 2 aromatic carbocycles. The van der Waals surface area contributed by atoms with Crippen molar-refractivity contribution < 1.29 is 28.8 Å². The number of guanidine groups is 1. The number of esters is 1. The molecule has 10 heteroatoms. The Hall–Kier alpha value is -3.65. The largest absolute Gasteiger partial charge is 0.479 e. The van der Waals surface area contributed by atoms with E-state index in [1.807, 2.05) is 36.5 Å². The molecule has 180 valence electrons. The van der Waals surface area contributed by atoms with E-state index in [0.717, 1.165) is 5.56 Å². The standard InChI is InChI=1S/C24H28N4O6/c1-24(22(32-3)33-4)20(29)19(17-12-16(21(30)31-2)10-11-18(17)34-24)28-23(27-14-25)26-13-15-8-6-5-7-9-15/h5-12,19-20,22,29H,13H2,1-4H3,(H2,26,27,28). The van der Waals surface area contributed by atoms with Crippen LogP contribution >= 0.6 is 0 Å². The number of aliphatic hydroxyl groups excluding tert-OH is 1. The van der Waals surface area contributed by atoms with E-state index >= 15 is 0 Å². The van der Waals surface area contributed by atoms with E-state index in [0.29, 0.717) is 17.9 Å². The summed E-state index contributed by atoms with van der Waals surface area (Å²) in [5.41, 5.74) is 0.355. The van der Waals surface area contributed by atoms with Gasteiger partial charge in [0.05, 0.1) is 25.3 Å². The van der Waals surface area contributed by atoms with Crippen LogP contribution < -0.4 is 15.4 Å². The van der Waals surface area contributed by atoms with Crippen molar-refractivity contribution in [2.45, 2.75) is 37.5 Å². The molecular formula is C24H28N4O6. The molecule has 34 heavy (non-hydrogen) atoms. The molecule has 0 saturated carbocycles. The van der Waals surface area contributed by atoms with E-state index < -0.39 is 30.0 Å². The normalized spacial score (nSPS) is 21.7. The molecule has 3 unspecified atom stereocenters. The fourth-order valence-corrected chi connectivity index (χ4v) is 3.91. The summed E-state index contributed by atoms with van der Waals surface area (Å²) in [5.74, 6) is 0.000954. The second kappa shape index (κ2) is 11.0. The zero-order valence-corrected chi connectivity index (χ0v) is 19.4. The summed E-state index contributed by atoms with van der Waals surface area (Å²) in [7, 11) is 4.17. The summed E-state index contributed by atoms with van der Waals surface area (Å²) >= 11 is 0. The minimum Gasteiger partial charge on any atom is -0.479 e. The van der Waals surface area contributed by atoms with Crippen molar-refractivity contribution in [3.05, 3.63) is 65.2 Å². The third-order valence-corrected chi connectivity index (χ3v) is 5.62. The second-order valence-corrected chi connectivity index (χ2v) is 7.79. The summed E-state index contributed by atoms with van der Waals surface area (Å²) in [5, 5.41) is 26.3. The van der Waals surface area contributed by atoms with E-state index in [1.165, 1.54) is 21.3 Å². The molecule has 0 spiro atoms. The van der Waals surface area contributed by atoms with Crippen LogP contribution in [0.1, 0.15) is 34.5 Å². The maximum atomic E-state index is 12.1. The average molecular weight is 469 g/mol. The van der Waals surface area contributed by atoms with Gasteiger partial charge in [0, 0.05) is 19.8 Å². The first-order valence-corrected chi connectivity index (χ1v) is 10.5. The van der Waals surface area contributed by atoms with E-state index in [2.05, 4.69) is 15.6 Å². The molecular weight excluding hydrogens is 440 g/mol. The number of rotatable bonds is 7. The molecule has 3 N–H and O–H groups in total. The van der Waals surface area contributed by atoms with E-state index in [9.17, 15) is 15.2 Å². The number of aliphatic hydroxyl groups is 1. The summed E-state index contributed by atoms with van der Waals surface area (Å²) < 4.78 is 21.8. The van der Waals surface area contributed by atoms with Crippen LogP contribution in [0.25, 0.3) is 0 Å². The fraction of sp³-hybridized carbons (Fsp3) is 0.375. The van der Waals surface area contributed by atoms with Crippen LogP contribution in [0.4, 0.5) is 0 Å². The van der Waals surface area contributed by atoms with Gasteiger partial charge in [0.25, 0.3) is 0 Å². The van der Waals surface area contributed by atoms with Crippen LogP contribution in [0, 0.1) is 11.5 Å². The van der Waals surface area contributed by atoms with E-state index in [-0.39, 0.29) is 11.5 Å². The Morgan fingerprint density at radius 1 is 1.24 bits per heavy atom. The molecule has 0 aliphatic carbocycles. The average Bonchev–Trinajstić information content (AvgIpc) is 2.86. The predicted molar refractivity (Wildman–Crippen MR) is 123 cm³/mol. The molecule has 1 aliphatic rings. The van der Waals surface area contributed by atoms with Crippen LogP contribution in [0.3, 0.4) is 0 Å². The zero-order chi connectivity index (χ0) is 24.7. The van der Waals surface area contributed by atoms with Crippen molar-refractivity contribution in [2.24, 2.45) is 4.99 Å². The van der Waals surface area contributed by atoms with Crippen LogP contribution in [0.5, 0.6) is 5.75 Å². The van der Waals surface area contributed by atoms with Gasteiger partial charge in [-0.1, -0.05) is 30.3 Å². The van der Waals surface area contributed by atoms with Gasteiger partial charge in [-0.2, -0.15) is 5.26 Å². The quantitative estimate of drug-likeness (QED) is 0.139. The van der Waals surface area contributed by atoms with Gasteiger partial charge in [-0.15, -0.1) is 0 Å². The van der Waals surface area contributed by atoms with E-state index in [4.69, 9.17) is 18.9 Å². The van der Waals surface area contributed by atoms with Crippen molar-refractivity contribution in [1.82, 2.24) is 10.6 Å². The van der Waals surface area contributed by atoms with Gasteiger partial charge in [-0.25, -0.2) is 9.79 Å². The number of carbonyl (C=O) groups excluding carboxylic acids is 1. The monoisotopic (exact) mass is 468 g/mol. The lowest BCUT2D eigenvalue weighted by atomic mass is 9.84. The summed E-state index contributed by atoms with van der Waals surface area (Å²) in [6.45, 7) is 1.95. The number of methoxy groups -OCH3 is 3. The van der Waals surface area contributed by atoms with E-state index in [1.54, 1.807) is 25.1 Å². The number of fused-ring (bicyclic) bond motifs is 1. The number of benzene rings is 2. The molecule has 1 heterocycles. The smallest absolute Gasteiger partial charge is 0.337 e. The van der Waals surface area contributed by atoms with Crippen molar-refractivity contribution in [3.63, 3.8) is 0 Å². The molecule has 0 saturated heterocycles. The predicted octanol–water partition coefficient (Wildman–Crippen LogP) is 1.86. The Kier molecular flexibility index (Phi) is 8.07. The highest BCUT2D eigenvalue weighted by Crippen LogP contribution is 2.42. The van der Waals surface area contributed by atoms with Crippen LogP contribution in [0.2, 0.25) is 0 Å². The first-order valence-electron chi connectivity index (χ1n) is 10.5. The summed E-state index contributed by atoms with van der Waals surface area (Å²) in [6.07, 6.45) is -0.301. The Labute approximate surface area is 198 Å². The fourth-order valence-electron chi connectivity index (χ4n) is 3.91. The lowest BCUT2D eigenvalue weighted by molar-refractivity contribution is -0.238. The van der Waals surface area contributed by atoms with Crippen molar-refractivity contribution in [1.29, 1.82) is 5.26 Å². The number of ether oxygens (including phenoxy) is 4. The number of aliphatic imine (C=N–C) groups is 1. The van der Waals surface area contributed by atoms with Gasteiger partial charge in [0.2, 0.25) is 5.96 Å². The molecule has 0 aromatic heterocycles. The molecule has 3 atom stereocenters. The van der Waals surface area contributed by atoms with Gasteiger partial charge in [0.15, 0.2) is 18.1 Å². The first kappa shape index (κ1) is 25.0. The highest BCUT2D eigenvalue weighted by Gasteiger charge is 2.52. The maximum absolute atomic E-state index is 12.1. The Balaban J connectivity index is 2.04. The Morgan fingerprint density at radius 2 is 1.94 bits per heavy atom. The molecule has 0 radical (unpaired) electrons. The molecule has 2 aromatic rings. The number of nitrogens with zero attached hydrogens (tertiary/aromatic N) is 2. The highest BCUT2D eigenvalue weighted by atomic mass is 16.7. The van der Waals surface area contributed by atoms with Crippen molar-refractivity contribution >= 4 is 11.9 Å². The molecule has 0 amide bonds. The number of nitriles is 1. The molecule has 0 bridgehead atoms. The van der Waals surface area contributed by atoms with Crippen LogP contribution in [-0.4, -0.2) is 56.4 Å². The molecule has 3 rings (SSSR count). The minimum absolute atomic E-state index is 0.139. The van der Waals surface area contributed by atoms with Crippen LogP contribution in [-0.2, 0) is 20.8 Å². The lowest BCUT2D eigenvalue weighted by Crippen LogP contribution is -2.62. The molecule has 10 nitrogen and oxygen atoms in total. The van der Waals surface area contributed by atoms with Crippen molar-refractivity contribution in [2.75, 3.05) is 21.3 Å². The highest BCUT2D eigenvalue weighted by molar-refractivity contribution is 5.90. The zero-order valence-electron chi connectivity index (χ0n) is 19.4.